The summed E-state index contributed by atoms with van der Waals surface area (Å²) in [5.74, 6) is -0.390. The predicted octanol–water partition coefficient (Wildman–Crippen LogP) is -0.262. The number of aromatic nitrogens is 3. The van der Waals surface area contributed by atoms with Gasteiger partial charge in [-0.3, -0.25) is 0 Å². The molecule has 3 unspecified atom stereocenters. The maximum Gasteiger partial charge on any atom is 0.123 e. The zero-order chi connectivity index (χ0) is 15.7. The smallest absolute Gasteiger partial charge is 0.123 e. The summed E-state index contributed by atoms with van der Waals surface area (Å²) in [7, 11) is 0. The maximum atomic E-state index is 13.3. The van der Waals surface area contributed by atoms with Crippen molar-refractivity contribution in [2.24, 2.45) is 0 Å². The zero-order valence-electron chi connectivity index (χ0n) is 11.6. The highest BCUT2D eigenvalue weighted by Gasteiger charge is 2.40. The Labute approximate surface area is 125 Å². The molecule has 1 aromatic carbocycles. The molecule has 0 bridgehead atoms. The lowest BCUT2D eigenvalue weighted by Gasteiger charge is -2.36. The Morgan fingerprint density at radius 2 is 2.18 bits per heavy atom. The van der Waals surface area contributed by atoms with Crippen LogP contribution in [0.5, 0.6) is 0 Å². The van der Waals surface area contributed by atoms with Crippen molar-refractivity contribution in [3.8, 4) is 11.3 Å². The average Bonchev–Trinajstić information content (AvgIpc) is 2.97. The van der Waals surface area contributed by atoms with Crippen LogP contribution in [-0.4, -0.2) is 61.8 Å². The van der Waals surface area contributed by atoms with Crippen LogP contribution in [0, 0.1) is 5.82 Å². The van der Waals surface area contributed by atoms with Gasteiger partial charge in [-0.15, -0.1) is 5.10 Å². The van der Waals surface area contributed by atoms with Crippen molar-refractivity contribution in [3.05, 3.63) is 36.3 Å². The molecule has 1 aliphatic rings. The SMILES string of the molecule is OCC1OCC(O)C(n2cc(-c3cccc(F)c3)nn2)[C@H]1O. The van der Waals surface area contributed by atoms with Gasteiger partial charge in [0.25, 0.3) is 0 Å². The molecule has 1 aromatic heterocycles. The Morgan fingerprint density at radius 1 is 1.36 bits per heavy atom. The van der Waals surface area contributed by atoms with E-state index in [1.54, 1.807) is 12.1 Å². The number of halogens is 1. The molecule has 8 heteroatoms. The predicted molar refractivity (Wildman–Crippen MR) is 73.3 cm³/mol. The molecule has 7 nitrogen and oxygen atoms in total. The summed E-state index contributed by atoms with van der Waals surface area (Å²) in [5, 5.41) is 37.2. The second-order valence-corrected chi connectivity index (χ2v) is 5.20. The van der Waals surface area contributed by atoms with E-state index in [-0.39, 0.29) is 13.2 Å². The Kier molecular flexibility index (Phi) is 4.16. The first-order valence-corrected chi connectivity index (χ1v) is 6.86. The van der Waals surface area contributed by atoms with E-state index in [9.17, 15) is 19.7 Å². The van der Waals surface area contributed by atoms with Gasteiger partial charge in [-0.2, -0.15) is 0 Å². The van der Waals surface area contributed by atoms with Crippen molar-refractivity contribution < 1.29 is 24.4 Å². The third-order valence-corrected chi connectivity index (χ3v) is 3.72. The van der Waals surface area contributed by atoms with Gasteiger partial charge in [-0.1, -0.05) is 17.3 Å². The van der Waals surface area contributed by atoms with E-state index in [4.69, 9.17) is 4.74 Å². The molecule has 0 spiro atoms. The van der Waals surface area contributed by atoms with Crippen molar-refractivity contribution in [1.82, 2.24) is 15.0 Å². The van der Waals surface area contributed by atoms with Gasteiger partial charge >= 0.3 is 0 Å². The van der Waals surface area contributed by atoms with Gasteiger partial charge in [0, 0.05) is 5.56 Å². The fraction of sp³-hybridized carbons (Fsp3) is 0.429. The summed E-state index contributed by atoms with van der Waals surface area (Å²) in [6.07, 6.45) is -1.39. The first-order chi connectivity index (χ1) is 10.6. The normalized spacial score (nSPS) is 28.7. The minimum Gasteiger partial charge on any atom is -0.394 e. The minimum atomic E-state index is -1.13. The molecule has 1 saturated heterocycles. The molecule has 1 fully saturated rings. The largest absolute Gasteiger partial charge is 0.394 e. The molecule has 0 saturated carbocycles. The zero-order valence-corrected chi connectivity index (χ0v) is 11.6. The molecule has 2 heterocycles. The number of nitrogens with zero attached hydrogens (tertiary/aromatic N) is 3. The molecule has 22 heavy (non-hydrogen) atoms. The second-order valence-electron chi connectivity index (χ2n) is 5.20. The van der Waals surface area contributed by atoms with Crippen LogP contribution < -0.4 is 0 Å². The molecule has 3 rings (SSSR count). The first-order valence-electron chi connectivity index (χ1n) is 6.86. The first kappa shape index (κ1) is 15.0. The van der Waals surface area contributed by atoms with Crippen LogP contribution >= 0.6 is 0 Å². The summed E-state index contributed by atoms with van der Waals surface area (Å²) in [5.41, 5.74) is 0.965. The lowest BCUT2D eigenvalue weighted by Crippen LogP contribution is -2.51. The van der Waals surface area contributed by atoms with E-state index >= 15 is 0 Å². The number of hydrogen-bond donors (Lipinski definition) is 3. The Bertz CT molecular complexity index is 651. The van der Waals surface area contributed by atoms with Gasteiger partial charge < -0.3 is 20.1 Å². The monoisotopic (exact) mass is 309 g/mol. The van der Waals surface area contributed by atoms with Crippen LogP contribution in [0.25, 0.3) is 11.3 Å². The lowest BCUT2D eigenvalue weighted by molar-refractivity contribution is -0.166. The summed E-state index contributed by atoms with van der Waals surface area (Å²) in [6.45, 7) is -0.391. The van der Waals surface area contributed by atoms with Gasteiger partial charge in [0.15, 0.2) is 0 Å². The molecular formula is C14H16FN3O4. The van der Waals surface area contributed by atoms with Crippen molar-refractivity contribution in [1.29, 1.82) is 0 Å². The van der Waals surface area contributed by atoms with Crippen LogP contribution in [-0.2, 0) is 4.74 Å². The second kappa shape index (κ2) is 6.09. The highest BCUT2D eigenvalue weighted by atomic mass is 19.1. The molecule has 2 aromatic rings. The van der Waals surface area contributed by atoms with Crippen LogP contribution in [0.15, 0.2) is 30.5 Å². The van der Waals surface area contributed by atoms with Gasteiger partial charge in [-0.05, 0) is 12.1 Å². The molecule has 4 atom stereocenters. The van der Waals surface area contributed by atoms with Crippen LogP contribution in [0.3, 0.4) is 0 Å². The average molecular weight is 309 g/mol. The summed E-state index contributed by atoms with van der Waals surface area (Å²) < 4.78 is 19.7. The molecule has 0 aliphatic carbocycles. The highest BCUT2D eigenvalue weighted by Crippen LogP contribution is 2.27. The van der Waals surface area contributed by atoms with E-state index in [1.807, 2.05) is 0 Å². The fourth-order valence-electron chi connectivity index (χ4n) is 2.56. The quantitative estimate of drug-likeness (QED) is 0.722. The van der Waals surface area contributed by atoms with Crippen molar-refractivity contribution in [3.63, 3.8) is 0 Å². The van der Waals surface area contributed by atoms with Crippen LogP contribution in [0.2, 0.25) is 0 Å². The number of hydrogen-bond acceptors (Lipinski definition) is 6. The molecular weight excluding hydrogens is 293 g/mol. The molecule has 0 amide bonds. The Balaban J connectivity index is 1.89. The van der Waals surface area contributed by atoms with Gasteiger partial charge in [0.2, 0.25) is 0 Å². The van der Waals surface area contributed by atoms with Gasteiger partial charge in [-0.25, -0.2) is 9.07 Å². The van der Waals surface area contributed by atoms with E-state index < -0.39 is 30.2 Å². The molecule has 0 radical (unpaired) electrons. The molecule has 1 aliphatic heterocycles. The number of aliphatic hydroxyl groups excluding tert-OH is 3. The number of rotatable bonds is 3. The number of aliphatic hydroxyl groups is 3. The van der Waals surface area contributed by atoms with Crippen LogP contribution in [0.1, 0.15) is 6.04 Å². The van der Waals surface area contributed by atoms with Crippen molar-refractivity contribution in [2.45, 2.75) is 24.4 Å². The number of ether oxygens (including phenoxy) is 1. The third-order valence-electron chi connectivity index (χ3n) is 3.72. The van der Waals surface area contributed by atoms with Crippen molar-refractivity contribution in [2.75, 3.05) is 13.2 Å². The lowest BCUT2D eigenvalue weighted by atomic mass is 9.97. The van der Waals surface area contributed by atoms with E-state index in [0.29, 0.717) is 11.3 Å². The van der Waals surface area contributed by atoms with E-state index in [2.05, 4.69) is 10.3 Å². The van der Waals surface area contributed by atoms with Gasteiger partial charge in [0.05, 0.1) is 19.4 Å². The van der Waals surface area contributed by atoms with E-state index in [0.717, 1.165) is 0 Å². The fourth-order valence-corrected chi connectivity index (χ4v) is 2.56. The molecule has 118 valence electrons. The molecule has 3 N–H and O–H groups in total. The van der Waals surface area contributed by atoms with Crippen LogP contribution in [0.4, 0.5) is 4.39 Å². The Hall–Kier alpha value is -1.87. The number of benzene rings is 1. The Morgan fingerprint density at radius 3 is 2.91 bits per heavy atom. The minimum absolute atomic E-state index is 0.0257. The summed E-state index contributed by atoms with van der Waals surface area (Å²) >= 11 is 0. The topological polar surface area (TPSA) is 101 Å². The summed E-state index contributed by atoms with van der Waals surface area (Å²) in [6, 6.07) is 5.10. The third kappa shape index (κ3) is 2.73. The maximum absolute atomic E-state index is 13.3. The van der Waals surface area contributed by atoms with Crippen molar-refractivity contribution >= 4 is 0 Å². The van der Waals surface area contributed by atoms with Gasteiger partial charge in [0.1, 0.15) is 35.9 Å². The standard InChI is InChI=1S/C14H16FN3O4/c15-9-3-1-2-8(4-9)10-5-18(17-16-10)13-11(20)7-22-12(6-19)14(13)21/h1-5,11-14,19-21H,6-7H2/t11?,12?,13?,14-/m0/s1. The highest BCUT2D eigenvalue weighted by molar-refractivity contribution is 5.57. The summed E-state index contributed by atoms with van der Waals surface area (Å²) in [4.78, 5) is 0. The van der Waals surface area contributed by atoms with E-state index in [1.165, 1.54) is 23.0 Å².